The summed E-state index contributed by atoms with van der Waals surface area (Å²) in [6.07, 6.45) is 2.09. The molecule has 0 aliphatic rings. The van der Waals surface area contributed by atoms with Crippen LogP contribution in [-0.2, 0) is 0 Å². The number of thioether (sulfide) groups is 1. The van der Waals surface area contributed by atoms with Crippen LogP contribution in [0.25, 0.3) is 10.9 Å². The van der Waals surface area contributed by atoms with Crippen LogP contribution in [-0.4, -0.2) is 11.2 Å². The standard InChI is InChI=1S/C17H16N2S/c1-12-11-17(15-5-3-4-6-16(15)18-12)19-13-7-9-14(20-2)10-8-13/h3-11H,1-2H3,(H,18,19). The first kappa shape index (κ1) is 13.0. The zero-order chi connectivity index (χ0) is 13.9. The Labute approximate surface area is 123 Å². The number of pyridine rings is 1. The van der Waals surface area contributed by atoms with E-state index >= 15 is 0 Å². The first-order valence-electron chi connectivity index (χ1n) is 6.54. The van der Waals surface area contributed by atoms with Crippen molar-refractivity contribution in [1.82, 2.24) is 4.98 Å². The van der Waals surface area contributed by atoms with Crippen LogP contribution in [0.5, 0.6) is 0 Å². The van der Waals surface area contributed by atoms with Gasteiger partial charge in [-0.1, -0.05) is 18.2 Å². The quantitative estimate of drug-likeness (QED) is 0.683. The van der Waals surface area contributed by atoms with Gasteiger partial charge in [-0.2, -0.15) is 0 Å². The molecule has 0 spiro atoms. The molecule has 100 valence electrons. The van der Waals surface area contributed by atoms with E-state index in [4.69, 9.17) is 0 Å². The number of aromatic nitrogens is 1. The van der Waals surface area contributed by atoms with E-state index in [0.717, 1.165) is 28.0 Å². The molecule has 0 amide bonds. The second-order valence-corrected chi connectivity index (χ2v) is 5.56. The summed E-state index contributed by atoms with van der Waals surface area (Å²) in [6.45, 7) is 2.02. The highest BCUT2D eigenvalue weighted by Crippen LogP contribution is 2.27. The molecule has 20 heavy (non-hydrogen) atoms. The molecular weight excluding hydrogens is 264 g/mol. The van der Waals surface area contributed by atoms with Crippen molar-refractivity contribution < 1.29 is 0 Å². The Kier molecular flexibility index (Phi) is 3.61. The van der Waals surface area contributed by atoms with E-state index < -0.39 is 0 Å². The van der Waals surface area contributed by atoms with Crippen molar-refractivity contribution in [3.8, 4) is 0 Å². The summed E-state index contributed by atoms with van der Waals surface area (Å²) in [5, 5.41) is 4.64. The first-order chi connectivity index (χ1) is 9.76. The maximum absolute atomic E-state index is 4.56. The van der Waals surface area contributed by atoms with Crippen LogP contribution in [0.15, 0.2) is 59.5 Å². The van der Waals surface area contributed by atoms with Crippen molar-refractivity contribution >= 4 is 34.0 Å². The Morgan fingerprint density at radius 3 is 2.50 bits per heavy atom. The molecule has 3 rings (SSSR count). The van der Waals surface area contributed by atoms with E-state index in [2.05, 4.69) is 53.0 Å². The van der Waals surface area contributed by atoms with Gasteiger partial charge in [0.05, 0.1) is 5.52 Å². The number of hydrogen-bond acceptors (Lipinski definition) is 3. The number of fused-ring (bicyclic) bond motifs is 1. The van der Waals surface area contributed by atoms with Gasteiger partial charge < -0.3 is 5.32 Å². The zero-order valence-corrected chi connectivity index (χ0v) is 12.4. The third kappa shape index (κ3) is 2.63. The van der Waals surface area contributed by atoms with Gasteiger partial charge in [-0.05, 0) is 49.6 Å². The number of nitrogens with one attached hydrogen (secondary N) is 1. The topological polar surface area (TPSA) is 24.9 Å². The molecule has 1 aromatic heterocycles. The van der Waals surface area contributed by atoms with Gasteiger partial charge in [0.25, 0.3) is 0 Å². The van der Waals surface area contributed by atoms with Gasteiger partial charge in [-0.15, -0.1) is 11.8 Å². The Bertz CT molecular complexity index is 736. The number of hydrogen-bond donors (Lipinski definition) is 1. The minimum absolute atomic E-state index is 1.02. The molecule has 2 nitrogen and oxygen atoms in total. The van der Waals surface area contributed by atoms with Crippen LogP contribution in [0.3, 0.4) is 0 Å². The van der Waals surface area contributed by atoms with Gasteiger partial charge in [-0.3, -0.25) is 4.98 Å². The van der Waals surface area contributed by atoms with Crippen LogP contribution in [0.4, 0.5) is 11.4 Å². The molecule has 0 aliphatic heterocycles. The second kappa shape index (κ2) is 5.55. The SMILES string of the molecule is CSc1ccc(Nc2cc(C)nc3ccccc23)cc1. The lowest BCUT2D eigenvalue weighted by Gasteiger charge is -2.11. The fraction of sp³-hybridized carbons (Fsp3) is 0.118. The van der Waals surface area contributed by atoms with E-state index in [0.29, 0.717) is 0 Å². The monoisotopic (exact) mass is 280 g/mol. The average molecular weight is 280 g/mol. The summed E-state index contributed by atoms with van der Waals surface area (Å²) < 4.78 is 0. The molecular formula is C17H16N2S. The number of para-hydroxylation sites is 1. The molecule has 1 heterocycles. The normalized spacial score (nSPS) is 10.7. The van der Waals surface area contributed by atoms with Gasteiger partial charge in [0.1, 0.15) is 0 Å². The van der Waals surface area contributed by atoms with Gasteiger partial charge in [0, 0.05) is 27.4 Å². The molecule has 3 heteroatoms. The molecule has 0 bridgehead atoms. The number of rotatable bonds is 3. The van der Waals surface area contributed by atoms with Crippen LogP contribution in [0.2, 0.25) is 0 Å². The fourth-order valence-electron chi connectivity index (χ4n) is 2.24. The molecule has 0 fully saturated rings. The second-order valence-electron chi connectivity index (χ2n) is 4.68. The van der Waals surface area contributed by atoms with E-state index in [-0.39, 0.29) is 0 Å². The number of aryl methyl sites for hydroxylation is 1. The highest BCUT2D eigenvalue weighted by Gasteiger charge is 2.04. The van der Waals surface area contributed by atoms with Crippen LogP contribution in [0.1, 0.15) is 5.69 Å². The molecule has 0 saturated heterocycles. The molecule has 1 N–H and O–H groups in total. The molecule has 0 atom stereocenters. The lowest BCUT2D eigenvalue weighted by Crippen LogP contribution is -1.94. The highest BCUT2D eigenvalue weighted by molar-refractivity contribution is 7.98. The van der Waals surface area contributed by atoms with E-state index in [1.54, 1.807) is 11.8 Å². The maximum Gasteiger partial charge on any atom is 0.0726 e. The van der Waals surface area contributed by atoms with Crippen LogP contribution < -0.4 is 5.32 Å². The molecule has 0 radical (unpaired) electrons. The molecule has 2 aromatic carbocycles. The van der Waals surface area contributed by atoms with Crippen molar-refractivity contribution in [3.05, 3.63) is 60.3 Å². The average Bonchev–Trinajstić information content (AvgIpc) is 2.48. The highest BCUT2D eigenvalue weighted by atomic mass is 32.2. The number of anilines is 2. The lowest BCUT2D eigenvalue weighted by molar-refractivity contribution is 1.25. The minimum atomic E-state index is 1.02. The van der Waals surface area contributed by atoms with Gasteiger partial charge in [0.15, 0.2) is 0 Å². The Hall–Kier alpha value is -2.00. The van der Waals surface area contributed by atoms with Crippen molar-refractivity contribution in [2.45, 2.75) is 11.8 Å². The van der Waals surface area contributed by atoms with Crippen molar-refractivity contribution in [2.24, 2.45) is 0 Å². The van der Waals surface area contributed by atoms with E-state index in [1.165, 1.54) is 4.90 Å². The summed E-state index contributed by atoms with van der Waals surface area (Å²) in [6, 6.07) is 18.8. The third-order valence-electron chi connectivity index (χ3n) is 3.21. The summed E-state index contributed by atoms with van der Waals surface area (Å²) in [4.78, 5) is 5.83. The van der Waals surface area contributed by atoms with Crippen molar-refractivity contribution in [2.75, 3.05) is 11.6 Å². The van der Waals surface area contributed by atoms with Crippen molar-refractivity contribution in [1.29, 1.82) is 0 Å². The van der Waals surface area contributed by atoms with Gasteiger partial charge >= 0.3 is 0 Å². The summed E-state index contributed by atoms with van der Waals surface area (Å²) in [7, 11) is 0. The van der Waals surface area contributed by atoms with Crippen LogP contribution in [0, 0.1) is 6.92 Å². The summed E-state index contributed by atoms with van der Waals surface area (Å²) >= 11 is 1.75. The van der Waals surface area contributed by atoms with Gasteiger partial charge in [0.2, 0.25) is 0 Å². The predicted molar refractivity (Wildman–Crippen MR) is 88.0 cm³/mol. The third-order valence-corrected chi connectivity index (χ3v) is 3.96. The largest absolute Gasteiger partial charge is 0.355 e. The smallest absolute Gasteiger partial charge is 0.0726 e. The fourth-order valence-corrected chi connectivity index (χ4v) is 2.65. The number of nitrogens with zero attached hydrogens (tertiary/aromatic N) is 1. The molecule has 0 unspecified atom stereocenters. The summed E-state index contributed by atoms with van der Waals surface area (Å²) in [5.41, 5.74) is 4.24. The molecule has 0 saturated carbocycles. The van der Waals surface area contributed by atoms with E-state index in [9.17, 15) is 0 Å². The Morgan fingerprint density at radius 2 is 1.75 bits per heavy atom. The summed E-state index contributed by atoms with van der Waals surface area (Å²) in [5.74, 6) is 0. The van der Waals surface area contributed by atoms with E-state index in [1.807, 2.05) is 25.1 Å². The Balaban J connectivity index is 2.01. The maximum atomic E-state index is 4.56. The van der Waals surface area contributed by atoms with Crippen LogP contribution >= 0.6 is 11.8 Å². The molecule has 3 aromatic rings. The molecule has 0 aliphatic carbocycles. The lowest BCUT2D eigenvalue weighted by atomic mass is 10.1. The predicted octanol–water partition coefficient (Wildman–Crippen LogP) is 5.01. The minimum Gasteiger partial charge on any atom is -0.355 e. The van der Waals surface area contributed by atoms with Crippen molar-refractivity contribution in [3.63, 3.8) is 0 Å². The first-order valence-corrected chi connectivity index (χ1v) is 7.76. The Morgan fingerprint density at radius 1 is 1.00 bits per heavy atom. The van der Waals surface area contributed by atoms with Gasteiger partial charge in [-0.25, -0.2) is 0 Å². The number of benzene rings is 2. The zero-order valence-electron chi connectivity index (χ0n) is 11.6.